The number of pyridine rings is 1. The maximum Gasteiger partial charge on any atom is 0.256 e. The Labute approximate surface area is 229 Å². The van der Waals surface area contributed by atoms with Crippen molar-refractivity contribution in [3.8, 4) is 17.2 Å². The number of aryl methyl sites for hydroxylation is 1. The second-order valence-corrected chi connectivity index (χ2v) is 9.99. The first-order valence-corrected chi connectivity index (χ1v) is 13.1. The number of carbonyl (C=O) groups is 1. The first-order chi connectivity index (χ1) is 18.8. The minimum atomic E-state index is -1.13. The second-order valence-electron chi connectivity index (χ2n) is 9.99. The fraction of sp³-hybridized carbons (Fsp3) is 0.242. The zero-order chi connectivity index (χ0) is 27.8. The number of rotatable bonds is 10. The van der Waals surface area contributed by atoms with Crippen LogP contribution in [-0.4, -0.2) is 23.5 Å². The van der Waals surface area contributed by atoms with E-state index in [1.54, 1.807) is 0 Å². The zero-order valence-electron chi connectivity index (χ0n) is 22.5. The quantitative estimate of drug-likeness (QED) is 0.207. The van der Waals surface area contributed by atoms with Crippen molar-refractivity contribution in [2.75, 3.05) is 6.54 Å². The van der Waals surface area contributed by atoms with E-state index >= 15 is 0 Å². The van der Waals surface area contributed by atoms with Crippen LogP contribution in [0.15, 0.2) is 102 Å². The van der Waals surface area contributed by atoms with Gasteiger partial charge in [-0.3, -0.25) is 9.59 Å². The average Bonchev–Trinajstić information content (AvgIpc) is 2.95. The predicted molar refractivity (Wildman–Crippen MR) is 153 cm³/mol. The van der Waals surface area contributed by atoms with Crippen LogP contribution >= 0.6 is 0 Å². The van der Waals surface area contributed by atoms with Gasteiger partial charge in [0.2, 0.25) is 5.91 Å². The standard InChI is InChI=1S/C33H33N3O3/c1-23(2)22-30(32(38)35-21-20-34)39-33(26-10-6-4-7-11-26,27-12-8-5-9-13-27)28-17-15-25(16-18-28)29-19-14-24(3)36-31(29)37/h4-19,23,30H,21-22H2,1-3H3,(H,35,38)(H,36,37)/t30-/m0/s1. The molecule has 0 aliphatic rings. The van der Waals surface area contributed by atoms with Gasteiger partial charge < -0.3 is 15.0 Å². The second kappa shape index (κ2) is 12.4. The van der Waals surface area contributed by atoms with E-state index in [-0.39, 0.29) is 23.9 Å². The van der Waals surface area contributed by atoms with Gasteiger partial charge in [-0.25, -0.2) is 0 Å². The Balaban J connectivity index is 1.91. The van der Waals surface area contributed by atoms with Crippen molar-refractivity contribution < 1.29 is 9.53 Å². The van der Waals surface area contributed by atoms with Gasteiger partial charge in [-0.05, 0) is 53.6 Å². The highest BCUT2D eigenvalue weighted by Gasteiger charge is 2.41. The average molecular weight is 520 g/mol. The lowest BCUT2D eigenvalue weighted by molar-refractivity contribution is -0.142. The van der Waals surface area contributed by atoms with Gasteiger partial charge in [0, 0.05) is 11.3 Å². The van der Waals surface area contributed by atoms with Crippen LogP contribution in [0.1, 0.15) is 42.7 Å². The lowest BCUT2D eigenvalue weighted by Gasteiger charge is -2.39. The highest BCUT2D eigenvalue weighted by molar-refractivity contribution is 5.81. The first-order valence-electron chi connectivity index (χ1n) is 13.1. The number of carbonyl (C=O) groups excluding carboxylic acids is 1. The number of nitriles is 1. The van der Waals surface area contributed by atoms with Crippen molar-refractivity contribution in [3.05, 3.63) is 130 Å². The normalized spacial score (nSPS) is 12.1. The molecule has 1 amide bonds. The Bertz CT molecular complexity index is 1450. The lowest BCUT2D eigenvalue weighted by Crippen LogP contribution is -2.44. The smallest absolute Gasteiger partial charge is 0.256 e. The van der Waals surface area contributed by atoms with Crippen molar-refractivity contribution in [2.24, 2.45) is 5.92 Å². The Morgan fingerprint density at radius 3 is 1.97 bits per heavy atom. The van der Waals surface area contributed by atoms with Gasteiger partial charge in [-0.1, -0.05) is 98.8 Å². The Morgan fingerprint density at radius 1 is 0.897 bits per heavy atom. The number of hydrogen-bond acceptors (Lipinski definition) is 4. The zero-order valence-corrected chi connectivity index (χ0v) is 22.5. The third-order valence-electron chi connectivity index (χ3n) is 6.66. The number of nitrogens with one attached hydrogen (secondary N) is 2. The Kier molecular flexibility index (Phi) is 8.75. The summed E-state index contributed by atoms with van der Waals surface area (Å²) in [5.41, 5.74) is 3.40. The Morgan fingerprint density at radius 2 is 1.46 bits per heavy atom. The van der Waals surface area contributed by atoms with Crippen LogP contribution in [0.4, 0.5) is 0 Å². The predicted octanol–water partition coefficient (Wildman–Crippen LogP) is 5.71. The van der Waals surface area contributed by atoms with Gasteiger partial charge in [0.25, 0.3) is 5.56 Å². The lowest BCUT2D eigenvalue weighted by atomic mass is 9.79. The Hall–Kier alpha value is -4.47. The highest BCUT2D eigenvalue weighted by atomic mass is 16.5. The number of aromatic amines is 1. The molecule has 3 aromatic carbocycles. The van der Waals surface area contributed by atoms with Crippen LogP contribution in [-0.2, 0) is 15.1 Å². The van der Waals surface area contributed by atoms with Crippen LogP contribution in [0.25, 0.3) is 11.1 Å². The molecule has 0 unspecified atom stereocenters. The largest absolute Gasteiger partial charge is 0.348 e. The maximum absolute atomic E-state index is 13.3. The van der Waals surface area contributed by atoms with E-state index in [1.165, 1.54) is 0 Å². The molecule has 0 saturated heterocycles. The van der Waals surface area contributed by atoms with Crippen molar-refractivity contribution >= 4 is 5.91 Å². The summed E-state index contributed by atoms with van der Waals surface area (Å²) < 4.78 is 6.96. The van der Waals surface area contributed by atoms with E-state index in [1.807, 2.05) is 124 Å². The number of nitrogens with zero attached hydrogens (tertiary/aromatic N) is 1. The van der Waals surface area contributed by atoms with Crippen molar-refractivity contribution in [3.63, 3.8) is 0 Å². The number of hydrogen-bond donors (Lipinski definition) is 2. The summed E-state index contributed by atoms with van der Waals surface area (Å²) in [5, 5.41) is 11.8. The number of ether oxygens (including phenoxy) is 1. The molecule has 1 aromatic heterocycles. The minimum absolute atomic E-state index is 0.0970. The molecule has 0 saturated carbocycles. The first kappa shape index (κ1) is 27.6. The number of H-pyrrole nitrogens is 1. The molecule has 6 heteroatoms. The molecular weight excluding hydrogens is 486 g/mol. The van der Waals surface area contributed by atoms with Gasteiger partial charge in [0.05, 0.1) is 6.07 Å². The van der Waals surface area contributed by atoms with Gasteiger partial charge in [-0.15, -0.1) is 0 Å². The van der Waals surface area contributed by atoms with E-state index in [9.17, 15) is 9.59 Å². The fourth-order valence-corrected chi connectivity index (χ4v) is 4.82. The van der Waals surface area contributed by atoms with Crippen LogP contribution in [0.2, 0.25) is 0 Å². The molecule has 0 fully saturated rings. The summed E-state index contributed by atoms with van der Waals surface area (Å²) >= 11 is 0. The number of amides is 1. The molecule has 4 rings (SSSR count). The topological polar surface area (TPSA) is 95.0 Å². The number of benzene rings is 3. The van der Waals surface area contributed by atoms with E-state index in [0.29, 0.717) is 12.0 Å². The van der Waals surface area contributed by atoms with Gasteiger partial charge >= 0.3 is 0 Å². The van der Waals surface area contributed by atoms with E-state index in [0.717, 1.165) is 27.9 Å². The molecule has 0 radical (unpaired) electrons. The molecule has 39 heavy (non-hydrogen) atoms. The SMILES string of the molecule is Cc1ccc(-c2ccc(C(O[C@@H](CC(C)C)C(=O)NCC#N)(c3ccccc3)c3ccccc3)cc2)c(=O)[nH]1. The van der Waals surface area contributed by atoms with Crippen LogP contribution < -0.4 is 10.9 Å². The molecule has 0 aliphatic carbocycles. The summed E-state index contributed by atoms with van der Waals surface area (Å²) in [5.74, 6) is -0.160. The highest BCUT2D eigenvalue weighted by Crippen LogP contribution is 2.42. The van der Waals surface area contributed by atoms with Gasteiger partial charge in [-0.2, -0.15) is 5.26 Å². The third kappa shape index (κ3) is 6.17. The van der Waals surface area contributed by atoms with Crippen LogP contribution in [0.3, 0.4) is 0 Å². The summed E-state index contributed by atoms with van der Waals surface area (Å²) in [6.45, 7) is 5.82. The molecule has 198 valence electrons. The van der Waals surface area contributed by atoms with E-state index in [2.05, 4.69) is 10.3 Å². The van der Waals surface area contributed by atoms with E-state index in [4.69, 9.17) is 10.00 Å². The molecular formula is C33H33N3O3. The summed E-state index contributed by atoms with van der Waals surface area (Å²) in [6, 6.07) is 33.0. The molecule has 0 spiro atoms. The van der Waals surface area contributed by atoms with Gasteiger partial charge in [0.15, 0.2) is 0 Å². The van der Waals surface area contributed by atoms with Crippen LogP contribution in [0, 0.1) is 24.2 Å². The summed E-state index contributed by atoms with van der Waals surface area (Å²) in [7, 11) is 0. The van der Waals surface area contributed by atoms with E-state index < -0.39 is 11.7 Å². The van der Waals surface area contributed by atoms with Crippen molar-refractivity contribution in [2.45, 2.75) is 38.9 Å². The summed E-state index contributed by atoms with van der Waals surface area (Å²) in [6.07, 6.45) is -0.353. The molecule has 0 aliphatic heterocycles. The third-order valence-corrected chi connectivity index (χ3v) is 6.66. The molecule has 4 aromatic rings. The minimum Gasteiger partial charge on any atom is -0.348 e. The fourth-order valence-electron chi connectivity index (χ4n) is 4.82. The maximum atomic E-state index is 13.3. The molecule has 1 heterocycles. The molecule has 6 nitrogen and oxygen atoms in total. The van der Waals surface area contributed by atoms with Gasteiger partial charge in [0.1, 0.15) is 18.2 Å². The van der Waals surface area contributed by atoms with Crippen LogP contribution in [0.5, 0.6) is 0 Å². The molecule has 0 bridgehead atoms. The van der Waals surface area contributed by atoms with Crippen molar-refractivity contribution in [1.29, 1.82) is 5.26 Å². The number of aromatic nitrogens is 1. The van der Waals surface area contributed by atoms with Crippen molar-refractivity contribution in [1.82, 2.24) is 10.3 Å². The monoisotopic (exact) mass is 519 g/mol. The molecule has 1 atom stereocenters. The molecule has 2 N–H and O–H groups in total. The summed E-state index contributed by atoms with van der Waals surface area (Å²) in [4.78, 5) is 28.8.